The average molecular weight is 297 g/mol. The Hall–Kier alpha value is -2.11. The van der Waals surface area contributed by atoms with Crippen molar-refractivity contribution in [2.24, 2.45) is 5.73 Å². The summed E-state index contributed by atoms with van der Waals surface area (Å²) in [6, 6.07) is 18.8. The van der Waals surface area contributed by atoms with Gasteiger partial charge < -0.3 is 10.2 Å². The maximum absolute atomic E-state index is 5.44. The van der Waals surface area contributed by atoms with Crippen molar-refractivity contribution in [2.75, 3.05) is 0 Å². The Labute approximate surface area is 127 Å². The van der Waals surface area contributed by atoms with Gasteiger partial charge in [0.05, 0.1) is 6.54 Å². The topological polar surface area (TPSA) is 64.9 Å². The van der Waals surface area contributed by atoms with E-state index in [1.165, 1.54) is 28.5 Å². The van der Waals surface area contributed by atoms with E-state index >= 15 is 0 Å². The van der Waals surface area contributed by atoms with Gasteiger partial charge in [-0.15, -0.1) is 10.2 Å². The third-order valence-electron chi connectivity index (χ3n) is 3.05. The van der Waals surface area contributed by atoms with Crippen molar-refractivity contribution in [2.45, 2.75) is 17.5 Å². The van der Waals surface area contributed by atoms with Crippen LogP contribution in [0.4, 0.5) is 0 Å². The van der Waals surface area contributed by atoms with E-state index in [9.17, 15) is 0 Å². The van der Waals surface area contributed by atoms with Gasteiger partial charge in [0, 0.05) is 5.75 Å². The predicted molar refractivity (Wildman–Crippen MR) is 83.6 cm³/mol. The molecule has 3 rings (SSSR count). The predicted octanol–water partition coefficient (Wildman–Crippen LogP) is 3.49. The van der Waals surface area contributed by atoms with Gasteiger partial charge in [0.25, 0.3) is 5.22 Å². The van der Waals surface area contributed by atoms with Crippen LogP contribution in [-0.2, 0) is 12.3 Å². The molecular weight excluding hydrogens is 282 g/mol. The molecule has 4 nitrogen and oxygen atoms in total. The van der Waals surface area contributed by atoms with Crippen LogP contribution in [0.5, 0.6) is 0 Å². The molecule has 5 heteroatoms. The van der Waals surface area contributed by atoms with E-state index in [-0.39, 0.29) is 6.54 Å². The first-order valence-corrected chi connectivity index (χ1v) is 7.63. The van der Waals surface area contributed by atoms with Gasteiger partial charge >= 0.3 is 0 Å². The van der Waals surface area contributed by atoms with Crippen LogP contribution < -0.4 is 5.73 Å². The van der Waals surface area contributed by atoms with Crippen molar-refractivity contribution < 1.29 is 4.42 Å². The van der Waals surface area contributed by atoms with E-state index in [1.807, 2.05) is 18.2 Å². The quantitative estimate of drug-likeness (QED) is 0.730. The van der Waals surface area contributed by atoms with E-state index in [4.69, 9.17) is 10.2 Å². The first-order valence-electron chi connectivity index (χ1n) is 6.65. The second kappa shape index (κ2) is 6.56. The number of rotatable bonds is 5. The van der Waals surface area contributed by atoms with Crippen molar-refractivity contribution in [3.63, 3.8) is 0 Å². The Morgan fingerprint density at radius 2 is 1.62 bits per heavy atom. The Morgan fingerprint density at radius 3 is 2.29 bits per heavy atom. The van der Waals surface area contributed by atoms with Gasteiger partial charge in [-0.3, -0.25) is 0 Å². The minimum Gasteiger partial charge on any atom is -0.415 e. The molecule has 0 fully saturated rings. The summed E-state index contributed by atoms with van der Waals surface area (Å²) in [6.45, 7) is 0.277. The van der Waals surface area contributed by atoms with Crippen LogP contribution in [0.3, 0.4) is 0 Å². The minimum absolute atomic E-state index is 0.277. The molecule has 3 aromatic rings. The van der Waals surface area contributed by atoms with Crippen molar-refractivity contribution in [3.05, 3.63) is 66.1 Å². The zero-order valence-corrected chi connectivity index (χ0v) is 12.2. The number of benzene rings is 2. The van der Waals surface area contributed by atoms with E-state index in [0.29, 0.717) is 11.1 Å². The molecule has 2 aromatic carbocycles. The third-order valence-corrected chi connectivity index (χ3v) is 3.94. The largest absolute Gasteiger partial charge is 0.415 e. The maximum atomic E-state index is 5.44. The lowest BCUT2D eigenvalue weighted by molar-refractivity contribution is 0.415. The first-order chi connectivity index (χ1) is 10.3. The lowest BCUT2D eigenvalue weighted by Crippen LogP contribution is -1.95. The molecule has 21 heavy (non-hydrogen) atoms. The smallest absolute Gasteiger partial charge is 0.276 e. The normalized spacial score (nSPS) is 10.7. The van der Waals surface area contributed by atoms with Crippen molar-refractivity contribution in [1.82, 2.24) is 10.2 Å². The SMILES string of the molecule is NCc1nnc(SCc2ccc(-c3ccccc3)cc2)o1. The molecule has 0 aliphatic carbocycles. The zero-order chi connectivity index (χ0) is 14.5. The number of hydrogen-bond acceptors (Lipinski definition) is 5. The van der Waals surface area contributed by atoms with Crippen LogP contribution in [0.1, 0.15) is 11.5 Å². The highest BCUT2D eigenvalue weighted by Crippen LogP contribution is 2.24. The van der Waals surface area contributed by atoms with Gasteiger partial charge in [-0.1, -0.05) is 66.4 Å². The Morgan fingerprint density at radius 1 is 0.905 bits per heavy atom. The molecule has 1 heterocycles. The molecule has 0 spiro atoms. The summed E-state index contributed by atoms with van der Waals surface area (Å²) in [4.78, 5) is 0. The molecule has 0 atom stereocenters. The van der Waals surface area contributed by atoms with Gasteiger partial charge in [0.1, 0.15) is 0 Å². The van der Waals surface area contributed by atoms with Crippen LogP contribution >= 0.6 is 11.8 Å². The summed E-state index contributed by atoms with van der Waals surface area (Å²) in [6.07, 6.45) is 0. The molecule has 0 aliphatic heterocycles. The summed E-state index contributed by atoms with van der Waals surface area (Å²) in [5, 5.41) is 8.33. The molecule has 2 N–H and O–H groups in total. The second-order valence-electron chi connectivity index (χ2n) is 4.52. The van der Waals surface area contributed by atoms with Gasteiger partial charge in [0.15, 0.2) is 0 Å². The van der Waals surface area contributed by atoms with Gasteiger partial charge in [-0.05, 0) is 16.7 Å². The van der Waals surface area contributed by atoms with E-state index < -0.39 is 0 Å². The average Bonchev–Trinajstić information content (AvgIpc) is 3.02. The Balaban J connectivity index is 1.64. The van der Waals surface area contributed by atoms with Crippen LogP contribution in [0.25, 0.3) is 11.1 Å². The summed E-state index contributed by atoms with van der Waals surface area (Å²) >= 11 is 1.52. The molecule has 0 unspecified atom stereocenters. The van der Waals surface area contributed by atoms with Crippen molar-refractivity contribution in [1.29, 1.82) is 0 Å². The molecule has 0 aliphatic rings. The number of aromatic nitrogens is 2. The van der Waals surface area contributed by atoms with E-state index in [2.05, 4.69) is 46.6 Å². The van der Waals surface area contributed by atoms with Crippen molar-refractivity contribution in [3.8, 4) is 11.1 Å². The summed E-state index contributed by atoms with van der Waals surface area (Å²) < 4.78 is 5.36. The Bertz CT molecular complexity index is 695. The second-order valence-corrected chi connectivity index (χ2v) is 5.44. The third kappa shape index (κ3) is 3.51. The van der Waals surface area contributed by atoms with Gasteiger partial charge in [0.2, 0.25) is 5.89 Å². The molecule has 0 saturated carbocycles. The molecule has 0 radical (unpaired) electrons. The summed E-state index contributed by atoms with van der Waals surface area (Å²) in [7, 11) is 0. The summed E-state index contributed by atoms with van der Waals surface area (Å²) in [5.41, 5.74) is 9.09. The molecular formula is C16H15N3OS. The lowest BCUT2D eigenvalue weighted by Gasteiger charge is -2.03. The standard InChI is InChI=1S/C16H15N3OS/c17-10-15-18-19-16(20-15)21-11-12-6-8-14(9-7-12)13-4-2-1-3-5-13/h1-9H,10-11,17H2. The first kappa shape index (κ1) is 13.9. The highest BCUT2D eigenvalue weighted by Gasteiger charge is 2.05. The van der Waals surface area contributed by atoms with Gasteiger partial charge in [-0.25, -0.2) is 0 Å². The maximum Gasteiger partial charge on any atom is 0.276 e. The molecule has 1 aromatic heterocycles. The number of nitrogens with two attached hydrogens (primary N) is 1. The zero-order valence-electron chi connectivity index (χ0n) is 11.4. The Kier molecular flexibility index (Phi) is 4.33. The van der Waals surface area contributed by atoms with E-state index in [1.54, 1.807) is 0 Å². The van der Waals surface area contributed by atoms with Crippen LogP contribution in [0.2, 0.25) is 0 Å². The molecule has 0 saturated heterocycles. The van der Waals surface area contributed by atoms with Crippen LogP contribution in [0.15, 0.2) is 64.2 Å². The number of nitrogens with zero attached hydrogens (tertiary/aromatic N) is 2. The fourth-order valence-corrected chi connectivity index (χ4v) is 2.68. The lowest BCUT2D eigenvalue weighted by atomic mass is 10.0. The van der Waals surface area contributed by atoms with E-state index in [0.717, 1.165) is 5.75 Å². The van der Waals surface area contributed by atoms with Crippen LogP contribution in [-0.4, -0.2) is 10.2 Å². The number of hydrogen-bond donors (Lipinski definition) is 1. The number of thioether (sulfide) groups is 1. The molecule has 106 valence electrons. The minimum atomic E-state index is 0.277. The van der Waals surface area contributed by atoms with Crippen molar-refractivity contribution >= 4 is 11.8 Å². The van der Waals surface area contributed by atoms with Crippen LogP contribution in [0, 0.1) is 0 Å². The fraction of sp³-hybridized carbons (Fsp3) is 0.125. The fourth-order valence-electron chi connectivity index (χ4n) is 1.95. The highest BCUT2D eigenvalue weighted by molar-refractivity contribution is 7.98. The monoisotopic (exact) mass is 297 g/mol. The molecule has 0 bridgehead atoms. The highest BCUT2D eigenvalue weighted by atomic mass is 32.2. The molecule has 0 amide bonds. The summed E-state index contributed by atoms with van der Waals surface area (Å²) in [5.74, 6) is 1.26. The van der Waals surface area contributed by atoms with Gasteiger partial charge in [-0.2, -0.15) is 0 Å².